The number of halogens is 1. The van der Waals surface area contributed by atoms with Crippen LogP contribution in [0.15, 0.2) is 53.5 Å². The predicted octanol–water partition coefficient (Wildman–Crippen LogP) is 2.13. The van der Waals surface area contributed by atoms with Crippen molar-refractivity contribution in [3.63, 3.8) is 0 Å². The van der Waals surface area contributed by atoms with Crippen molar-refractivity contribution in [3.05, 3.63) is 71.0 Å². The molecule has 24 heavy (non-hydrogen) atoms. The van der Waals surface area contributed by atoms with Crippen LogP contribution in [0.25, 0.3) is 0 Å². The molecule has 0 radical (unpaired) electrons. The van der Waals surface area contributed by atoms with Crippen LogP contribution in [0.5, 0.6) is 0 Å². The Morgan fingerprint density at radius 2 is 1.92 bits per heavy atom. The molecule has 0 saturated carbocycles. The summed E-state index contributed by atoms with van der Waals surface area (Å²) in [5.74, 6) is -0.0414. The van der Waals surface area contributed by atoms with Crippen molar-refractivity contribution in [2.75, 3.05) is 14.1 Å². The Morgan fingerprint density at radius 3 is 2.58 bits per heavy atom. The van der Waals surface area contributed by atoms with E-state index in [1.54, 1.807) is 31.3 Å². The number of nitrogens with two attached hydrogens (primary N) is 1. The molecule has 0 aliphatic carbocycles. The van der Waals surface area contributed by atoms with Crippen molar-refractivity contribution >= 4 is 11.9 Å². The fraction of sp³-hybridized carbons (Fsp3) is 0.222. The van der Waals surface area contributed by atoms with Gasteiger partial charge in [-0.2, -0.15) is 0 Å². The molecule has 0 aliphatic rings. The molecule has 0 aromatic heterocycles. The average molecular weight is 328 g/mol. The Morgan fingerprint density at radius 1 is 1.21 bits per heavy atom. The summed E-state index contributed by atoms with van der Waals surface area (Å²) in [6.45, 7) is 1.03. The number of nitrogens with one attached hydrogen (secondary N) is 1. The van der Waals surface area contributed by atoms with Crippen LogP contribution in [0.3, 0.4) is 0 Å². The Bertz CT molecular complexity index is 745. The van der Waals surface area contributed by atoms with Crippen molar-refractivity contribution in [2.24, 2.45) is 10.7 Å². The van der Waals surface area contributed by atoms with E-state index in [0.29, 0.717) is 24.6 Å². The van der Waals surface area contributed by atoms with Gasteiger partial charge < -0.3 is 16.0 Å². The number of amides is 1. The molecule has 2 rings (SSSR count). The molecule has 0 spiro atoms. The molecule has 0 bridgehead atoms. The number of primary amides is 1. The second-order valence-electron chi connectivity index (χ2n) is 5.45. The van der Waals surface area contributed by atoms with Crippen molar-refractivity contribution in [1.82, 2.24) is 10.2 Å². The third-order valence-electron chi connectivity index (χ3n) is 3.54. The normalized spacial score (nSPS) is 11.2. The summed E-state index contributed by atoms with van der Waals surface area (Å²) in [5, 5.41) is 3.22. The summed E-state index contributed by atoms with van der Waals surface area (Å²) in [6, 6.07) is 13.6. The Balaban J connectivity index is 1.99. The van der Waals surface area contributed by atoms with Crippen molar-refractivity contribution in [1.29, 1.82) is 0 Å². The van der Waals surface area contributed by atoms with E-state index in [0.717, 1.165) is 11.1 Å². The van der Waals surface area contributed by atoms with Gasteiger partial charge in [0.2, 0.25) is 5.91 Å². The molecular weight excluding hydrogens is 307 g/mol. The molecule has 2 aromatic rings. The van der Waals surface area contributed by atoms with Crippen LogP contribution in [0.2, 0.25) is 0 Å². The van der Waals surface area contributed by atoms with Gasteiger partial charge in [-0.15, -0.1) is 0 Å². The highest BCUT2D eigenvalue weighted by Gasteiger charge is 2.08. The van der Waals surface area contributed by atoms with Gasteiger partial charge in [-0.25, -0.2) is 4.39 Å². The fourth-order valence-electron chi connectivity index (χ4n) is 2.38. The average Bonchev–Trinajstić information content (AvgIpc) is 2.55. The van der Waals surface area contributed by atoms with Crippen molar-refractivity contribution in [3.8, 4) is 0 Å². The number of aliphatic imine (C=N–C) groups is 1. The summed E-state index contributed by atoms with van der Waals surface area (Å²) in [6.07, 6.45) is 0. The highest BCUT2D eigenvalue weighted by atomic mass is 19.1. The topological polar surface area (TPSA) is 70.7 Å². The first kappa shape index (κ1) is 17.5. The summed E-state index contributed by atoms with van der Waals surface area (Å²) < 4.78 is 13.3. The monoisotopic (exact) mass is 328 g/mol. The van der Waals surface area contributed by atoms with Crippen LogP contribution >= 0.6 is 0 Å². The molecule has 0 fully saturated rings. The second kappa shape index (κ2) is 8.10. The van der Waals surface area contributed by atoms with Crippen LogP contribution < -0.4 is 11.1 Å². The number of hydrogen-bond acceptors (Lipinski definition) is 2. The summed E-state index contributed by atoms with van der Waals surface area (Å²) in [4.78, 5) is 17.3. The predicted molar refractivity (Wildman–Crippen MR) is 93.0 cm³/mol. The molecule has 0 heterocycles. The molecule has 0 unspecified atom stereocenters. The van der Waals surface area contributed by atoms with Gasteiger partial charge in [0.1, 0.15) is 5.82 Å². The Hall–Kier alpha value is -2.89. The number of guanidine groups is 1. The van der Waals surface area contributed by atoms with E-state index < -0.39 is 5.91 Å². The summed E-state index contributed by atoms with van der Waals surface area (Å²) >= 11 is 0. The van der Waals surface area contributed by atoms with E-state index in [-0.39, 0.29) is 5.82 Å². The van der Waals surface area contributed by atoms with Crippen molar-refractivity contribution in [2.45, 2.75) is 13.1 Å². The van der Waals surface area contributed by atoms with Gasteiger partial charge in [0.25, 0.3) is 0 Å². The lowest BCUT2D eigenvalue weighted by Gasteiger charge is -2.22. The zero-order valence-corrected chi connectivity index (χ0v) is 13.8. The number of hydrogen-bond donors (Lipinski definition) is 2. The fourth-order valence-corrected chi connectivity index (χ4v) is 2.38. The zero-order chi connectivity index (χ0) is 17.5. The summed E-state index contributed by atoms with van der Waals surface area (Å²) in [5.41, 5.74) is 7.54. The summed E-state index contributed by atoms with van der Waals surface area (Å²) in [7, 11) is 3.56. The number of carbonyl (C=O) groups is 1. The molecule has 1 amide bonds. The van der Waals surface area contributed by atoms with Gasteiger partial charge in [0.15, 0.2) is 5.96 Å². The molecule has 6 heteroatoms. The first-order valence-corrected chi connectivity index (χ1v) is 7.54. The van der Waals surface area contributed by atoms with Gasteiger partial charge >= 0.3 is 0 Å². The highest BCUT2D eigenvalue weighted by Crippen LogP contribution is 2.08. The first-order valence-electron chi connectivity index (χ1n) is 7.54. The third kappa shape index (κ3) is 4.81. The molecule has 5 nitrogen and oxygen atoms in total. The van der Waals surface area contributed by atoms with Gasteiger partial charge in [-0.05, 0) is 35.4 Å². The van der Waals surface area contributed by atoms with Crippen LogP contribution in [0, 0.1) is 5.82 Å². The quantitative estimate of drug-likeness (QED) is 0.652. The zero-order valence-electron chi connectivity index (χ0n) is 13.8. The minimum atomic E-state index is -0.454. The smallest absolute Gasteiger partial charge is 0.248 e. The maximum atomic E-state index is 13.3. The molecule has 0 saturated heterocycles. The minimum absolute atomic E-state index is 0.257. The highest BCUT2D eigenvalue weighted by molar-refractivity contribution is 5.92. The van der Waals surface area contributed by atoms with Gasteiger partial charge in [-0.1, -0.05) is 24.3 Å². The SMILES string of the molecule is CN=C(NCc1cccc(C(N)=O)c1)N(C)Cc1cccc(F)c1. The lowest BCUT2D eigenvalue weighted by Crippen LogP contribution is -2.38. The van der Waals surface area contributed by atoms with E-state index in [1.807, 2.05) is 24.1 Å². The Kier molecular flexibility index (Phi) is 5.89. The maximum absolute atomic E-state index is 13.3. The second-order valence-corrected chi connectivity index (χ2v) is 5.45. The van der Waals surface area contributed by atoms with Crippen LogP contribution in [-0.4, -0.2) is 30.9 Å². The van der Waals surface area contributed by atoms with E-state index in [9.17, 15) is 9.18 Å². The van der Waals surface area contributed by atoms with Gasteiger partial charge in [0, 0.05) is 32.7 Å². The molecule has 2 aromatic carbocycles. The lowest BCUT2D eigenvalue weighted by molar-refractivity contribution is 0.1000. The largest absolute Gasteiger partial charge is 0.366 e. The van der Waals surface area contributed by atoms with E-state index in [4.69, 9.17) is 5.73 Å². The molecule has 0 aliphatic heterocycles. The first-order chi connectivity index (χ1) is 11.5. The Labute approximate surface area is 141 Å². The van der Waals surface area contributed by atoms with E-state index in [1.165, 1.54) is 12.1 Å². The van der Waals surface area contributed by atoms with E-state index >= 15 is 0 Å². The minimum Gasteiger partial charge on any atom is -0.366 e. The molecular formula is C18H21FN4O. The van der Waals surface area contributed by atoms with Crippen LogP contribution in [0.4, 0.5) is 4.39 Å². The number of benzene rings is 2. The van der Waals surface area contributed by atoms with Crippen LogP contribution in [0.1, 0.15) is 21.5 Å². The molecule has 3 N–H and O–H groups in total. The number of carbonyl (C=O) groups excluding carboxylic acids is 1. The number of nitrogens with zero attached hydrogens (tertiary/aromatic N) is 2. The maximum Gasteiger partial charge on any atom is 0.248 e. The molecule has 0 atom stereocenters. The molecule has 126 valence electrons. The standard InChI is InChI=1S/C18H21FN4O/c1-21-18(23(2)12-14-6-4-8-16(19)10-14)22-11-13-5-3-7-15(9-13)17(20)24/h3-10H,11-12H2,1-2H3,(H2,20,24)(H,21,22). The number of rotatable bonds is 5. The van der Waals surface area contributed by atoms with E-state index in [2.05, 4.69) is 10.3 Å². The lowest BCUT2D eigenvalue weighted by atomic mass is 10.1. The van der Waals surface area contributed by atoms with Gasteiger partial charge in [-0.3, -0.25) is 9.79 Å². The third-order valence-corrected chi connectivity index (χ3v) is 3.54. The van der Waals surface area contributed by atoms with Crippen LogP contribution in [-0.2, 0) is 13.1 Å². The van der Waals surface area contributed by atoms with Gasteiger partial charge in [0.05, 0.1) is 0 Å². The van der Waals surface area contributed by atoms with Crippen molar-refractivity contribution < 1.29 is 9.18 Å².